The van der Waals surface area contributed by atoms with Gasteiger partial charge in [0.25, 0.3) is 0 Å². The highest BCUT2D eigenvalue weighted by Gasteiger charge is 2.36. The number of carbonyl (C=O) groups is 2. The zero-order valence-electron chi connectivity index (χ0n) is 22.4. The van der Waals surface area contributed by atoms with Crippen molar-refractivity contribution in [3.05, 3.63) is 53.9 Å². The molecule has 190 valence electrons. The molecule has 4 heterocycles. The van der Waals surface area contributed by atoms with E-state index >= 15 is 0 Å². The Morgan fingerprint density at radius 2 is 1.72 bits per heavy atom. The number of aliphatic imine (C=N–C) groups is 1. The third-order valence-electron chi connectivity index (χ3n) is 6.46. The second-order valence-corrected chi connectivity index (χ2v) is 11.4. The van der Waals surface area contributed by atoms with Gasteiger partial charge in [-0.3, -0.25) is 14.5 Å². The molecule has 2 aliphatic heterocycles. The second-order valence-electron chi connectivity index (χ2n) is 11.4. The highest BCUT2D eigenvalue weighted by molar-refractivity contribution is 6.33. The highest BCUT2D eigenvalue weighted by Crippen LogP contribution is 2.34. The predicted molar refractivity (Wildman–Crippen MR) is 144 cm³/mol. The number of nitrogens with one attached hydrogen (secondary N) is 1. The number of allylic oxidation sites excluding steroid dienone is 2. The maximum Gasteiger partial charge on any atom is 0.171 e. The summed E-state index contributed by atoms with van der Waals surface area (Å²) in [4.78, 5) is 47.8. The first-order valence-corrected chi connectivity index (χ1v) is 12.5. The maximum atomic E-state index is 13.5. The molecule has 1 saturated heterocycles. The summed E-state index contributed by atoms with van der Waals surface area (Å²) < 4.78 is 0. The Kier molecular flexibility index (Phi) is 6.49. The van der Waals surface area contributed by atoms with Gasteiger partial charge in [-0.05, 0) is 25.8 Å². The van der Waals surface area contributed by atoms with Crippen LogP contribution in [0.3, 0.4) is 0 Å². The zero-order valence-corrected chi connectivity index (χ0v) is 22.4. The number of hydrogen-bond donors (Lipinski definition) is 1. The molecule has 0 radical (unpaired) electrons. The van der Waals surface area contributed by atoms with Crippen LogP contribution >= 0.6 is 0 Å². The molecule has 0 amide bonds. The number of ketones is 2. The normalized spacial score (nSPS) is 18.5. The van der Waals surface area contributed by atoms with Crippen LogP contribution < -0.4 is 4.90 Å². The van der Waals surface area contributed by atoms with Gasteiger partial charge in [0.15, 0.2) is 23.0 Å². The van der Waals surface area contributed by atoms with Gasteiger partial charge in [-0.15, -0.1) is 0 Å². The lowest BCUT2D eigenvalue weighted by molar-refractivity contribution is -0.121. The smallest absolute Gasteiger partial charge is 0.171 e. The number of nitrogens with zero attached hydrogens (tertiary/aromatic N) is 5. The van der Waals surface area contributed by atoms with Crippen molar-refractivity contribution in [1.29, 1.82) is 0 Å². The summed E-state index contributed by atoms with van der Waals surface area (Å²) in [5.41, 5.74) is 1.94. The van der Waals surface area contributed by atoms with E-state index in [4.69, 9.17) is 9.98 Å². The van der Waals surface area contributed by atoms with E-state index in [-0.39, 0.29) is 11.6 Å². The standard InChI is InChI=1S/C28H36N6O2/c1-9-20(33-12-10-11-13-33)31-22-17(2)34(16-19(22)25(36)28(6,7)8)21-15-30-26-23(32-21)18(14-29-26)24(35)27(3,4)5/h9,14-16H,2,10-13H2,1,3-8H3,(H,29,30)/b20-9+,31-22+. The Labute approximate surface area is 212 Å². The molecule has 8 nitrogen and oxygen atoms in total. The molecule has 0 atom stereocenters. The van der Waals surface area contributed by atoms with Gasteiger partial charge in [0, 0.05) is 36.3 Å². The zero-order chi connectivity index (χ0) is 26.4. The van der Waals surface area contributed by atoms with E-state index in [2.05, 4.69) is 21.4 Å². The number of aromatic nitrogens is 3. The summed E-state index contributed by atoms with van der Waals surface area (Å²) in [7, 11) is 0. The monoisotopic (exact) mass is 488 g/mol. The average molecular weight is 489 g/mol. The third-order valence-corrected chi connectivity index (χ3v) is 6.46. The first kappa shape index (κ1) is 25.5. The van der Waals surface area contributed by atoms with Crippen LogP contribution in [-0.4, -0.2) is 50.2 Å². The number of hydrogen-bond acceptors (Lipinski definition) is 7. The molecule has 8 heteroatoms. The number of rotatable bonds is 5. The molecule has 0 aliphatic carbocycles. The van der Waals surface area contributed by atoms with Gasteiger partial charge in [0.2, 0.25) is 0 Å². The Balaban J connectivity index is 1.81. The number of H-pyrrole nitrogens is 1. The lowest BCUT2D eigenvalue weighted by Gasteiger charge is -2.21. The summed E-state index contributed by atoms with van der Waals surface area (Å²) in [5.74, 6) is 1.26. The largest absolute Gasteiger partial charge is 0.357 e. The number of likely N-dealkylation sites (tertiary alicyclic amines) is 1. The summed E-state index contributed by atoms with van der Waals surface area (Å²) in [6.45, 7) is 19.5. The Morgan fingerprint density at radius 3 is 2.31 bits per heavy atom. The lowest BCUT2D eigenvalue weighted by atomic mass is 9.85. The SMILES string of the molecule is C=C1/C(=N\C(=C/C)N2CCCC2)C(C(=O)C(C)(C)C)=CN1c1cnc2[nH]cc(C(=O)C(C)(C)C)c2n1. The Bertz CT molecular complexity index is 1320. The number of carbonyl (C=O) groups excluding carboxylic acids is 2. The van der Waals surface area contributed by atoms with Crippen LogP contribution in [0.1, 0.15) is 71.7 Å². The molecule has 0 unspecified atom stereocenters. The minimum atomic E-state index is -0.602. The number of anilines is 1. The first-order chi connectivity index (χ1) is 16.8. The molecule has 0 saturated carbocycles. The van der Waals surface area contributed by atoms with E-state index in [1.165, 1.54) is 0 Å². The molecular formula is C28H36N6O2. The third kappa shape index (κ3) is 4.64. The summed E-state index contributed by atoms with van der Waals surface area (Å²) in [6.07, 6.45) is 9.25. The van der Waals surface area contributed by atoms with Crippen molar-refractivity contribution in [3.63, 3.8) is 0 Å². The molecule has 0 spiro atoms. The van der Waals surface area contributed by atoms with Crippen molar-refractivity contribution >= 4 is 34.3 Å². The van der Waals surface area contributed by atoms with E-state index in [0.717, 1.165) is 31.8 Å². The van der Waals surface area contributed by atoms with Crippen LogP contribution in [-0.2, 0) is 4.79 Å². The van der Waals surface area contributed by atoms with Gasteiger partial charge < -0.3 is 9.88 Å². The molecule has 1 fully saturated rings. The van der Waals surface area contributed by atoms with Gasteiger partial charge in [-0.25, -0.2) is 15.0 Å². The van der Waals surface area contributed by atoms with Crippen molar-refractivity contribution in [2.75, 3.05) is 18.0 Å². The van der Waals surface area contributed by atoms with Crippen LogP contribution in [0.25, 0.3) is 11.2 Å². The van der Waals surface area contributed by atoms with Crippen molar-refractivity contribution in [3.8, 4) is 0 Å². The molecule has 2 aliphatic rings. The molecule has 2 aromatic heterocycles. The minimum absolute atomic E-state index is 0.0230. The van der Waals surface area contributed by atoms with Crippen molar-refractivity contribution in [1.82, 2.24) is 19.9 Å². The van der Waals surface area contributed by atoms with Crippen LogP contribution in [0.2, 0.25) is 0 Å². The second kappa shape index (κ2) is 9.15. The van der Waals surface area contributed by atoms with Crippen LogP contribution in [0.15, 0.2) is 53.3 Å². The lowest BCUT2D eigenvalue weighted by Crippen LogP contribution is -2.26. The van der Waals surface area contributed by atoms with Gasteiger partial charge >= 0.3 is 0 Å². The molecule has 0 aromatic carbocycles. The van der Waals surface area contributed by atoms with Crippen molar-refractivity contribution in [2.24, 2.45) is 15.8 Å². The summed E-state index contributed by atoms with van der Waals surface area (Å²) in [6, 6.07) is 0. The van der Waals surface area contributed by atoms with E-state index in [1.807, 2.05) is 54.5 Å². The van der Waals surface area contributed by atoms with E-state index < -0.39 is 10.8 Å². The number of aromatic amines is 1. The summed E-state index contributed by atoms with van der Waals surface area (Å²) in [5, 5.41) is 0. The van der Waals surface area contributed by atoms with Crippen molar-refractivity contribution in [2.45, 2.75) is 61.3 Å². The Hall–Kier alpha value is -3.55. The minimum Gasteiger partial charge on any atom is -0.357 e. The van der Waals surface area contributed by atoms with Gasteiger partial charge in [-0.2, -0.15) is 0 Å². The predicted octanol–water partition coefficient (Wildman–Crippen LogP) is 5.42. The topological polar surface area (TPSA) is 94.5 Å². The quantitative estimate of drug-likeness (QED) is 0.565. The summed E-state index contributed by atoms with van der Waals surface area (Å²) >= 11 is 0. The number of Topliss-reactive ketones (excluding diaryl/α,β-unsaturated/α-hetero) is 2. The molecular weight excluding hydrogens is 452 g/mol. The maximum absolute atomic E-state index is 13.5. The van der Waals surface area contributed by atoms with Crippen LogP contribution in [0, 0.1) is 10.8 Å². The van der Waals surface area contributed by atoms with E-state index in [9.17, 15) is 9.59 Å². The molecule has 2 aromatic rings. The molecule has 4 rings (SSSR count). The fraction of sp³-hybridized carbons (Fsp3) is 0.464. The highest BCUT2D eigenvalue weighted by atomic mass is 16.1. The number of fused-ring (bicyclic) bond motifs is 1. The van der Waals surface area contributed by atoms with Crippen LogP contribution in [0.4, 0.5) is 5.82 Å². The van der Waals surface area contributed by atoms with Gasteiger partial charge in [0.05, 0.1) is 23.0 Å². The molecule has 1 N–H and O–H groups in total. The van der Waals surface area contributed by atoms with Crippen molar-refractivity contribution < 1.29 is 9.59 Å². The first-order valence-electron chi connectivity index (χ1n) is 12.5. The molecule has 0 bridgehead atoms. The fourth-order valence-electron chi connectivity index (χ4n) is 4.39. The van der Waals surface area contributed by atoms with Gasteiger partial charge in [-0.1, -0.05) is 48.1 Å². The fourth-order valence-corrected chi connectivity index (χ4v) is 4.39. The molecule has 36 heavy (non-hydrogen) atoms. The van der Waals surface area contributed by atoms with Crippen LogP contribution in [0.5, 0.6) is 0 Å². The van der Waals surface area contributed by atoms with E-state index in [0.29, 0.717) is 39.5 Å². The van der Waals surface area contributed by atoms with E-state index in [1.54, 1.807) is 23.5 Å². The average Bonchev–Trinajstić information content (AvgIpc) is 3.54. The van der Waals surface area contributed by atoms with Gasteiger partial charge in [0.1, 0.15) is 17.0 Å². The Morgan fingerprint density at radius 1 is 1.08 bits per heavy atom.